The molecular formula is C19H17FIN3O5. The smallest absolute Gasteiger partial charge is 0.292 e. The fraction of sp³-hybridized carbons (Fsp3) is 0.263. The van der Waals surface area contributed by atoms with Gasteiger partial charge in [0.05, 0.1) is 36.4 Å². The Kier molecular flexibility index (Phi) is 5.42. The summed E-state index contributed by atoms with van der Waals surface area (Å²) < 4.78 is 20.8. The lowest BCUT2D eigenvalue weighted by molar-refractivity contribution is 0.0207. The van der Waals surface area contributed by atoms with Crippen molar-refractivity contribution < 1.29 is 28.9 Å². The molecule has 4 rings (SSSR count). The van der Waals surface area contributed by atoms with Crippen molar-refractivity contribution in [2.24, 2.45) is 0 Å². The number of nitrogens with one attached hydrogen (secondary N) is 1. The molecule has 0 saturated carbocycles. The number of aromatic nitrogens is 1. The van der Waals surface area contributed by atoms with Crippen molar-refractivity contribution in [3.8, 4) is 0 Å². The molecule has 0 radical (unpaired) electrons. The van der Waals surface area contributed by atoms with E-state index in [1.54, 1.807) is 18.2 Å². The first-order chi connectivity index (χ1) is 13.9. The van der Waals surface area contributed by atoms with Crippen LogP contribution < -0.4 is 5.32 Å². The lowest BCUT2D eigenvalue weighted by Crippen LogP contribution is -2.42. The third-order valence-corrected chi connectivity index (χ3v) is 5.57. The van der Waals surface area contributed by atoms with Gasteiger partial charge in [0.15, 0.2) is 0 Å². The van der Waals surface area contributed by atoms with Gasteiger partial charge >= 0.3 is 0 Å². The number of aliphatic hydroxyl groups is 3. The first-order valence-corrected chi connectivity index (χ1v) is 9.85. The van der Waals surface area contributed by atoms with Crippen molar-refractivity contribution in [3.05, 3.63) is 51.8 Å². The number of carbonyl (C=O) groups excluding carboxylic acids is 1. The third kappa shape index (κ3) is 3.56. The predicted molar refractivity (Wildman–Crippen MR) is 110 cm³/mol. The molecule has 3 heterocycles. The highest BCUT2D eigenvalue weighted by atomic mass is 127. The summed E-state index contributed by atoms with van der Waals surface area (Å²) in [7, 11) is 0. The number of halogens is 2. The number of likely N-dealkylation sites (tertiary alicyclic amines) is 1. The summed E-state index contributed by atoms with van der Waals surface area (Å²) in [4.78, 5) is 18.4. The van der Waals surface area contributed by atoms with Gasteiger partial charge < -0.3 is 30.0 Å². The number of carbonyl (C=O) groups is 1. The number of hydrogen-bond acceptors (Lipinski definition) is 7. The van der Waals surface area contributed by atoms with Gasteiger partial charge in [-0.2, -0.15) is 0 Å². The molecule has 3 aromatic rings. The topological polar surface area (TPSA) is 119 Å². The van der Waals surface area contributed by atoms with Crippen LogP contribution in [0.15, 0.2) is 41.1 Å². The molecule has 1 aliphatic rings. The summed E-state index contributed by atoms with van der Waals surface area (Å²) in [5, 5.41) is 32.9. The third-order valence-electron chi connectivity index (χ3n) is 4.89. The number of nitrogens with zero attached hydrogens (tertiary/aromatic N) is 2. The van der Waals surface area contributed by atoms with E-state index in [0.29, 0.717) is 14.5 Å². The maximum absolute atomic E-state index is 14.4. The monoisotopic (exact) mass is 513 g/mol. The van der Waals surface area contributed by atoms with Crippen LogP contribution in [0.3, 0.4) is 0 Å². The Hall–Kier alpha value is -2.28. The minimum atomic E-state index is -1.28. The molecule has 4 N–H and O–H groups in total. The molecule has 8 nitrogen and oxygen atoms in total. The number of rotatable bonds is 4. The van der Waals surface area contributed by atoms with E-state index in [4.69, 9.17) is 4.42 Å². The molecule has 2 aromatic heterocycles. The van der Waals surface area contributed by atoms with Crippen LogP contribution in [0.25, 0.3) is 11.0 Å². The number of pyridine rings is 1. The van der Waals surface area contributed by atoms with Crippen LogP contribution in [-0.2, 0) is 0 Å². The number of β-amino-alcohol motifs (C(OH)–C–C–N with tert-alkyl or cyclic N) is 1. The Morgan fingerprint density at radius 1 is 1.38 bits per heavy atom. The number of amides is 1. The van der Waals surface area contributed by atoms with Gasteiger partial charge in [0.25, 0.3) is 5.91 Å². The lowest BCUT2D eigenvalue weighted by Gasteiger charge is -2.23. The zero-order valence-electron chi connectivity index (χ0n) is 14.9. The normalized spacial score (nSPS) is 21.7. The largest absolute Gasteiger partial charge is 0.448 e. The van der Waals surface area contributed by atoms with E-state index in [0.717, 1.165) is 4.90 Å². The highest BCUT2D eigenvalue weighted by molar-refractivity contribution is 14.1. The zero-order valence-corrected chi connectivity index (χ0v) is 17.1. The molecule has 1 saturated heterocycles. The first kappa shape index (κ1) is 20.0. The molecule has 0 aliphatic carbocycles. The van der Waals surface area contributed by atoms with Crippen LogP contribution in [0.1, 0.15) is 10.6 Å². The predicted octanol–water partition coefficient (Wildman–Crippen LogP) is 1.85. The Bertz CT molecular complexity index is 1080. The maximum Gasteiger partial charge on any atom is 0.292 e. The molecule has 1 fully saturated rings. The molecule has 0 unspecified atom stereocenters. The Balaban J connectivity index is 1.78. The molecule has 3 atom stereocenters. The van der Waals surface area contributed by atoms with E-state index in [1.807, 2.05) is 22.6 Å². The lowest BCUT2D eigenvalue weighted by atomic mass is 10.1. The molecule has 152 valence electrons. The van der Waals surface area contributed by atoms with E-state index >= 15 is 0 Å². The van der Waals surface area contributed by atoms with Gasteiger partial charge in [0.1, 0.15) is 23.2 Å². The van der Waals surface area contributed by atoms with Crippen LogP contribution >= 0.6 is 22.6 Å². The van der Waals surface area contributed by atoms with Crippen LogP contribution in [0, 0.1) is 9.39 Å². The maximum atomic E-state index is 14.4. The standard InChI is InChI=1S/C19H17FIN3O5/c20-11-5-9(21)1-2-12(11)23-16-10-6-22-4-3-15(10)29-18(16)19(28)24-7-14(26)17(27)13(24)8-25/h1-6,13-14,17,23,25-27H,7-8H2/t13-,14+,17-/m1/s1. The molecule has 1 aliphatic heterocycles. The molecule has 10 heteroatoms. The van der Waals surface area contributed by atoms with Gasteiger partial charge in [-0.05, 0) is 46.9 Å². The van der Waals surface area contributed by atoms with Gasteiger partial charge in [-0.25, -0.2) is 4.39 Å². The highest BCUT2D eigenvalue weighted by Gasteiger charge is 2.43. The summed E-state index contributed by atoms with van der Waals surface area (Å²) >= 11 is 1.99. The molecule has 1 amide bonds. The van der Waals surface area contributed by atoms with Gasteiger partial charge in [-0.15, -0.1) is 0 Å². The van der Waals surface area contributed by atoms with Crippen LogP contribution in [0.2, 0.25) is 0 Å². The van der Waals surface area contributed by atoms with Crippen molar-refractivity contribution in [1.29, 1.82) is 0 Å². The second kappa shape index (κ2) is 7.86. The second-order valence-corrected chi connectivity index (χ2v) is 7.94. The number of furan rings is 1. The number of anilines is 2. The van der Waals surface area contributed by atoms with E-state index in [9.17, 15) is 24.5 Å². The van der Waals surface area contributed by atoms with E-state index in [1.165, 1.54) is 18.5 Å². The van der Waals surface area contributed by atoms with Gasteiger partial charge in [0.2, 0.25) is 5.76 Å². The average Bonchev–Trinajstić information content (AvgIpc) is 3.21. The quantitative estimate of drug-likeness (QED) is 0.394. The second-order valence-electron chi connectivity index (χ2n) is 6.69. The molecule has 0 spiro atoms. The van der Waals surface area contributed by atoms with E-state index < -0.39 is 36.6 Å². The summed E-state index contributed by atoms with van der Waals surface area (Å²) in [5.74, 6) is -1.29. The summed E-state index contributed by atoms with van der Waals surface area (Å²) in [6.07, 6.45) is 0.516. The zero-order chi connectivity index (χ0) is 20.7. The van der Waals surface area contributed by atoms with Gasteiger partial charge in [-0.3, -0.25) is 9.78 Å². The Morgan fingerprint density at radius 3 is 2.90 bits per heavy atom. The van der Waals surface area contributed by atoms with Crippen molar-refractivity contribution in [1.82, 2.24) is 9.88 Å². The Morgan fingerprint density at radius 2 is 2.17 bits per heavy atom. The minimum Gasteiger partial charge on any atom is -0.448 e. The average molecular weight is 513 g/mol. The minimum absolute atomic E-state index is 0.134. The number of hydrogen-bond donors (Lipinski definition) is 4. The van der Waals surface area contributed by atoms with Crippen molar-refractivity contribution in [2.45, 2.75) is 18.2 Å². The van der Waals surface area contributed by atoms with Crippen molar-refractivity contribution in [3.63, 3.8) is 0 Å². The first-order valence-electron chi connectivity index (χ1n) is 8.77. The molecular weight excluding hydrogens is 496 g/mol. The molecule has 1 aromatic carbocycles. The number of aliphatic hydroxyl groups excluding tert-OH is 3. The SMILES string of the molecule is O=C(c1oc2ccncc2c1Nc1ccc(I)cc1F)N1C[C@H](O)[C@H](O)[C@H]1CO. The van der Waals surface area contributed by atoms with Crippen molar-refractivity contribution in [2.75, 3.05) is 18.5 Å². The van der Waals surface area contributed by atoms with Gasteiger partial charge in [-0.1, -0.05) is 0 Å². The van der Waals surface area contributed by atoms with E-state index in [2.05, 4.69) is 10.3 Å². The van der Waals surface area contributed by atoms with Crippen molar-refractivity contribution >= 4 is 50.8 Å². The summed E-state index contributed by atoms with van der Waals surface area (Å²) in [5.41, 5.74) is 0.717. The Labute approximate surface area is 178 Å². The fourth-order valence-corrected chi connectivity index (χ4v) is 3.85. The van der Waals surface area contributed by atoms with Gasteiger partial charge in [0, 0.05) is 16.0 Å². The fourth-order valence-electron chi connectivity index (χ4n) is 3.40. The number of benzene rings is 1. The van der Waals surface area contributed by atoms with Crippen LogP contribution in [-0.4, -0.2) is 62.5 Å². The number of fused-ring (bicyclic) bond motifs is 1. The molecule has 29 heavy (non-hydrogen) atoms. The molecule has 0 bridgehead atoms. The van der Waals surface area contributed by atoms with E-state index in [-0.39, 0.29) is 23.7 Å². The summed E-state index contributed by atoms with van der Waals surface area (Å²) in [6, 6.07) is 5.19. The van der Waals surface area contributed by atoms with Crippen LogP contribution in [0.5, 0.6) is 0 Å². The highest BCUT2D eigenvalue weighted by Crippen LogP contribution is 2.35. The summed E-state index contributed by atoms with van der Waals surface area (Å²) in [6.45, 7) is -0.696. The van der Waals surface area contributed by atoms with Crippen LogP contribution in [0.4, 0.5) is 15.8 Å².